The van der Waals surface area contributed by atoms with Crippen LogP contribution in [-0.4, -0.2) is 27.7 Å². The molecule has 19 heavy (non-hydrogen) atoms. The number of anilines is 2. The number of nitrogens with two attached hydrogens (primary N) is 1. The van der Waals surface area contributed by atoms with E-state index < -0.39 is 0 Å². The summed E-state index contributed by atoms with van der Waals surface area (Å²) in [4.78, 5) is 17.7. The summed E-state index contributed by atoms with van der Waals surface area (Å²) >= 11 is 0. The maximum atomic E-state index is 12.2. The smallest absolute Gasteiger partial charge is 0.248 e. The summed E-state index contributed by atoms with van der Waals surface area (Å²) in [5.41, 5.74) is 8.79. The molecule has 2 aromatic rings. The molecule has 2 N–H and O–H groups in total. The Hall–Kier alpha value is -2.37. The summed E-state index contributed by atoms with van der Waals surface area (Å²) < 4.78 is 1.62. The van der Waals surface area contributed by atoms with Gasteiger partial charge in [-0.05, 0) is 26.0 Å². The van der Waals surface area contributed by atoms with E-state index in [0.717, 1.165) is 17.1 Å². The van der Waals surface area contributed by atoms with Crippen molar-refractivity contribution in [1.29, 1.82) is 0 Å². The fraction of sp³-hybridized carbons (Fsp3) is 0.308. The summed E-state index contributed by atoms with van der Waals surface area (Å²) in [6.45, 7) is 3.84. The van der Waals surface area contributed by atoms with Crippen LogP contribution in [0.3, 0.4) is 0 Å². The summed E-state index contributed by atoms with van der Waals surface area (Å²) in [7, 11) is 1.72. The minimum Gasteiger partial charge on any atom is -0.396 e. The molecule has 0 saturated carbocycles. The standard InChI is InChI=1S/C13H17N5O/c1-9-13(14)10(2)18(16-9)8-12(19)17(3)11-5-4-6-15-7-11/h4-7H,8,14H2,1-3H3. The highest BCUT2D eigenvalue weighted by molar-refractivity contribution is 5.92. The van der Waals surface area contributed by atoms with Gasteiger partial charge in [0, 0.05) is 13.2 Å². The van der Waals surface area contributed by atoms with Gasteiger partial charge in [0.05, 0.1) is 29.0 Å². The molecule has 0 unspecified atom stereocenters. The molecule has 0 radical (unpaired) electrons. The number of amides is 1. The van der Waals surface area contributed by atoms with E-state index in [2.05, 4.69) is 10.1 Å². The van der Waals surface area contributed by atoms with E-state index in [0.29, 0.717) is 5.69 Å². The van der Waals surface area contributed by atoms with Crippen molar-refractivity contribution in [3.05, 3.63) is 35.9 Å². The lowest BCUT2D eigenvalue weighted by molar-refractivity contribution is -0.119. The van der Waals surface area contributed by atoms with Crippen LogP contribution in [0.5, 0.6) is 0 Å². The molecule has 100 valence electrons. The number of aromatic nitrogens is 3. The van der Waals surface area contributed by atoms with Gasteiger partial charge in [0.1, 0.15) is 6.54 Å². The van der Waals surface area contributed by atoms with Crippen molar-refractivity contribution in [2.45, 2.75) is 20.4 Å². The molecule has 0 bridgehead atoms. The van der Waals surface area contributed by atoms with Crippen LogP contribution < -0.4 is 10.6 Å². The Balaban J connectivity index is 2.15. The second kappa shape index (κ2) is 5.09. The number of hydrogen-bond donors (Lipinski definition) is 1. The van der Waals surface area contributed by atoms with Crippen LogP contribution in [0.15, 0.2) is 24.5 Å². The molecule has 6 heteroatoms. The zero-order chi connectivity index (χ0) is 14.0. The Morgan fingerprint density at radius 3 is 2.74 bits per heavy atom. The summed E-state index contributed by atoms with van der Waals surface area (Å²) in [5, 5.41) is 4.25. The lowest BCUT2D eigenvalue weighted by atomic mass is 10.3. The fourth-order valence-electron chi connectivity index (χ4n) is 1.80. The number of hydrogen-bond acceptors (Lipinski definition) is 4. The number of likely N-dealkylation sites (N-methyl/N-ethyl adjacent to an activating group) is 1. The van der Waals surface area contributed by atoms with Gasteiger partial charge in [0.25, 0.3) is 0 Å². The van der Waals surface area contributed by atoms with Crippen LogP contribution in [-0.2, 0) is 11.3 Å². The van der Waals surface area contributed by atoms with E-state index >= 15 is 0 Å². The minimum absolute atomic E-state index is 0.0707. The summed E-state index contributed by atoms with van der Waals surface area (Å²) in [5.74, 6) is -0.0707. The van der Waals surface area contributed by atoms with Gasteiger partial charge in [0.15, 0.2) is 0 Å². The Morgan fingerprint density at radius 2 is 2.21 bits per heavy atom. The van der Waals surface area contributed by atoms with Crippen molar-refractivity contribution in [2.75, 3.05) is 17.7 Å². The predicted octanol–water partition coefficient (Wildman–Crippen LogP) is 1.14. The number of carbonyl (C=O) groups is 1. The van der Waals surface area contributed by atoms with Gasteiger partial charge < -0.3 is 10.6 Å². The molecule has 2 heterocycles. The van der Waals surface area contributed by atoms with E-state index in [9.17, 15) is 4.79 Å². The molecule has 0 aliphatic rings. The molecule has 0 aliphatic carbocycles. The number of carbonyl (C=O) groups excluding carboxylic acids is 1. The summed E-state index contributed by atoms with van der Waals surface area (Å²) in [6, 6.07) is 3.63. The zero-order valence-corrected chi connectivity index (χ0v) is 11.3. The van der Waals surface area contributed by atoms with Gasteiger partial charge >= 0.3 is 0 Å². The SMILES string of the molecule is Cc1nn(CC(=O)N(C)c2cccnc2)c(C)c1N. The van der Waals surface area contributed by atoms with E-state index in [1.807, 2.05) is 19.9 Å². The van der Waals surface area contributed by atoms with Crippen molar-refractivity contribution >= 4 is 17.3 Å². The second-order valence-corrected chi connectivity index (χ2v) is 4.41. The van der Waals surface area contributed by atoms with E-state index in [1.54, 1.807) is 35.1 Å². The quantitative estimate of drug-likeness (QED) is 0.896. The Labute approximate surface area is 111 Å². The van der Waals surface area contributed by atoms with Crippen LogP contribution in [0.2, 0.25) is 0 Å². The van der Waals surface area contributed by atoms with Crippen LogP contribution in [0.25, 0.3) is 0 Å². The number of nitrogen functional groups attached to an aromatic ring is 1. The number of pyridine rings is 1. The second-order valence-electron chi connectivity index (χ2n) is 4.41. The van der Waals surface area contributed by atoms with Crippen molar-refractivity contribution < 1.29 is 4.79 Å². The number of aryl methyl sites for hydroxylation is 1. The van der Waals surface area contributed by atoms with Gasteiger partial charge in [-0.25, -0.2) is 0 Å². The van der Waals surface area contributed by atoms with E-state index in [1.165, 1.54) is 0 Å². The molecule has 0 fully saturated rings. The van der Waals surface area contributed by atoms with Crippen LogP contribution in [0, 0.1) is 13.8 Å². The third-order valence-electron chi connectivity index (χ3n) is 3.13. The van der Waals surface area contributed by atoms with Crippen molar-refractivity contribution in [3.8, 4) is 0 Å². The average molecular weight is 259 g/mol. The molecule has 1 amide bonds. The fourth-order valence-corrected chi connectivity index (χ4v) is 1.80. The molecule has 2 rings (SSSR count). The number of nitrogens with zero attached hydrogens (tertiary/aromatic N) is 4. The first kappa shape index (κ1) is 13.1. The van der Waals surface area contributed by atoms with Crippen LogP contribution in [0.1, 0.15) is 11.4 Å². The third kappa shape index (κ3) is 2.57. The highest BCUT2D eigenvalue weighted by atomic mass is 16.2. The molecular formula is C13H17N5O. The van der Waals surface area contributed by atoms with E-state index in [-0.39, 0.29) is 12.5 Å². The van der Waals surface area contributed by atoms with Gasteiger partial charge in [-0.1, -0.05) is 0 Å². The molecule has 0 atom stereocenters. The minimum atomic E-state index is -0.0707. The molecule has 2 aromatic heterocycles. The van der Waals surface area contributed by atoms with Crippen molar-refractivity contribution in [3.63, 3.8) is 0 Å². The van der Waals surface area contributed by atoms with Crippen molar-refractivity contribution in [1.82, 2.24) is 14.8 Å². The first-order valence-corrected chi connectivity index (χ1v) is 5.96. The van der Waals surface area contributed by atoms with Gasteiger partial charge in [-0.2, -0.15) is 5.10 Å². The molecule has 0 aromatic carbocycles. The van der Waals surface area contributed by atoms with Crippen LogP contribution in [0.4, 0.5) is 11.4 Å². The maximum absolute atomic E-state index is 12.2. The molecule has 0 spiro atoms. The Kier molecular flexibility index (Phi) is 3.50. The lowest BCUT2D eigenvalue weighted by Gasteiger charge is -2.17. The highest BCUT2D eigenvalue weighted by Crippen LogP contribution is 2.16. The monoisotopic (exact) mass is 259 g/mol. The topological polar surface area (TPSA) is 77.0 Å². The van der Waals surface area contributed by atoms with Crippen LogP contribution >= 0.6 is 0 Å². The molecular weight excluding hydrogens is 242 g/mol. The molecule has 0 aliphatic heterocycles. The van der Waals surface area contributed by atoms with Gasteiger partial charge in [-0.3, -0.25) is 14.5 Å². The third-order valence-corrected chi connectivity index (χ3v) is 3.13. The highest BCUT2D eigenvalue weighted by Gasteiger charge is 2.15. The largest absolute Gasteiger partial charge is 0.396 e. The predicted molar refractivity (Wildman–Crippen MR) is 73.8 cm³/mol. The van der Waals surface area contributed by atoms with Crippen molar-refractivity contribution in [2.24, 2.45) is 0 Å². The first-order chi connectivity index (χ1) is 9.00. The molecule has 6 nitrogen and oxygen atoms in total. The molecule has 0 saturated heterocycles. The Morgan fingerprint density at radius 1 is 1.47 bits per heavy atom. The summed E-state index contributed by atoms with van der Waals surface area (Å²) in [6.07, 6.45) is 3.32. The zero-order valence-electron chi connectivity index (χ0n) is 11.3. The first-order valence-electron chi connectivity index (χ1n) is 5.96. The van der Waals surface area contributed by atoms with Gasteiger partial charge in [-0.15, -0.1) is 0 Å². The lowest BCUT2D eigenvalue weighted by Crippen LogP contribution is -2.30. The average Bonchev–Trinajstić information content (AvgIpc) is 2.66. The number of rotatable bonds is 3. The van der Waals surface area contributed by atoms with Gasteiger partial charge in [0.2, 0.25) is 5.91 Å². The maximum Gasteiger partial charge on any atom is 0.248 e. The Bertz CT molecular complexity index is 591. The normalized spacial score (nSPS) is 10.5. The van der Waals surface area contributed by atoms with E-state index in [4.69, 9.17) is 5.73 Å².